The van der Waals surface area contributed by atoms with Crippen LogP contribution in [-0.2, 0) is 0 Å². The van der Waals surface area contributed by atoms with Gasteiger partial charge in [0, 0.05) is 12.4 Å². The number of rotatable bonds is 1. The standard InChI is InChI=1S/C7H4BrN3O/c8-7-5(4-12)10-6-3-9-1-2-11(6)7/h1-4H. The van der Waals surface area contributed by atoms with E-state index in [4.69, 9.17) is 0 Å². The van der Waals surface area contributed by atoms with Crippen LogP contribution in [0.1, 0.15) is 10.5 Å². The number of hydrogen-bond donors (Lipinski definition) is 0. The summed E-state index contributed by atoms with van der Waals surface area (Å²) in [7, 11) is 0. The Morgan fingerprint density at radius 1 is 1.58 bits per heavy atom. The molecule has 2 rings (SSSR count). The van der Waals surface area contributed by atoms with Crippen LogP contribution in [-0.4, -0.2) is 20.7 Å². The number of nitrogens with zero attached hydrogens (tertiary/aromatic N) is 3. The second kappa shape index (κ2) is 2.67. The zero-order valence-electron chi connectivity index (χ0n) is 5.94. The summed E-state index contributed by atoms with van der Waals surface area (Å²) >= 11 is 3.25. The molecule has 0 aliphatic rings. The largest absolute Gasteiger partial charge is 0.296 e. The predicted molar refractivity (Wildman–Crippen MR) is 46.1 cm³/mol. The van der Waals surface area contributed by atoms with Crippen LogP contribution in [0.4, 0.5) is 0 Å². The minimum atomic E-state index is 0.392. The summed E-state index contributed by atoms with van der Waals surface area (Å²) in [5, 5.41) is 0. The van der Waals surface area contributed by atoms with Crippen molar-refractivity contribution in [2.24, 2.45) is 0 Å². The fourth-order valence-corrected chi connectivity index (χ4v) is 1.45. The van der Waals surface area contributed by atoms with Crippen LogP contribution in [0, 0.1) is 0 Å². The Balaban J connectivity index is 2.87. The van der Waals surface area contributed by atoms with Gasteiger partial charge >= 0.3 is 0 Å². The second-order valence-electron chi connectivity index (χ2n) is 2.21. The number of aromatic nitrogens is 3. The van der Waals surface area contributed by atoms with E-state index in [1.165, 1.54) is 0 Å². The fourth-order valence-electron chi connectivity index (χ4n) is 0.970. The molecular formula is C7H4BrN3O. The molecule has 2 aromatic rings. The third-order valence-electron chi connectivity index (χ3n) is 1.51. The third kappa shape index (κ3) is 0.937. The first-order valence-corrected chi connectivity index (χ1v) is 4.05. The summed E-state index contributed by atoms with van der Waals surface area (Å²) in [6.45, 7) is 0. The summed E-state index contributed by atoms with van der Waals surface area (Å²) < 4.78 is 2.41. The molecule has 2 heterocycles. The van der Waals surface area contributed by atoms with Crippen LogP contribution < -0.4 is 0 Å². The molecule has 0 N–H and O–H groups in total. The highest BCUT2D eigenvalue weighted by molar-refractivity contribution is 9.10. The van der Waals surface area contributed by atoms with E-state index < -0.39 is 0 Å². The fraction of sp³-hybridized carbons (Fsp3) is 0. The Morgan fingerprint density at radius 2 is 2.42 bits per heavy atom. The van der Waals surface area contributed by atoms with Gasteiger partial charge < -0.3 is 0 Å². The number of hydrogen-bond acceptors (Lipinski definition) is 3. The normalized spacial score (nSPS) is 10.4. The van der Waals surface area contributed by atoms with Crippen molar-refractivity contribution in [1.82, 2.24) is 14.4 Å². The molecule has 0 spiro atoms. The number of imidazole rings is 1. The van der Waals surface area contributed by atoms with Gasteiger partial charge in [-0.15, -0.1) is 0 Å². The van der Waals surface area contributed by atoms with Crippen LogP contribution in [0.5, 0.6) is 0 Å². The molecule has 0 bridgehead atoms. The number of aldehydes is 1. The second-order valence-corrected chi connectivity index (χ2v) is 2.96. The van der Waals surface area contributed by atoms with Crippen LogP contribution >= 0.6 is 15.9 Å². The van der Waals surface area contributed by atoms with Crippen LogP contribution in [0.25, 0.3) is 5.65 Å². The van der Waals surface area contributed by atoms with Gasteiger partial charge in [0.05, 0.1) is 6.20 Å². The van der Waals surface area contributed by atoms with Crippen molar-refractivity contribution in [1.29, 1.82) is 0 Å². The first-order valence-electron chi connectivity index (χ1n) is 3.25. The molecule has 0 atom stereocenters. The Morgan fingerprint density at radius 3 is 3.08 bits per heavy atom. The summed E-state index contributed by atoms with van der Waals surface area (Å²) in [4.78, 5) is 18.4. The Kier molecular flexibility index (Phi) is 1.65. The number of fused-ring (bicyclic) bond motifs is 1. The molecule has 12 heavy (non-hydrogen) atoms. The molecule has 0 radical (unpaired) electrons. The van der Waals surface area contributed by atoms with Crippen molar-refractivity contribution < 1.29 is 4.79 Å². The van der Waals surface area contributed by atoms with Crippen molar-refractivity contribution in [2.45, 2.75) is 0 Å². The monoisotopic (exact) mass is 225 g/mol. The smallest absolute Gasteiger partial charge is 0.171 e. The molecule has 0 amide bonds. The van der Waals surface area contributed by atoms with Gasteiger partial charge in [0.1, 0.15) is 10.3 Å². The average molecular weight is 226 g/mol. The lowest BCUT2D eigenvalue weighted by atomic mass is 10.5. The zero-order chi connectivity index (χ0) is 8.55. The van der Waals surface area contributed by atoms with Gasteiger partial charge in [-0.25, -0.2) is 4.98 Å². The lowest BCUT2D eigenvalue weighted by molar-refractivity contribution is 0.111. The summed E-state index contributed by atoms with van der Waals surface area (Å²) in [5.41, 5.74) is 1.05. The van der Waals surface area contributed by atoms with Crippen LogP contribution in [0.15, 0.2) is 23.2 Å². The van der Waals surface area contributed by atoms with Crippen LogP contribution in [0.3, 0.4) is 0 Å². The summed E-state index contributed by atoms with van der Waals surface area (Å²) in [5.74, 6) is 0. The highest BCUT2D eigenvalue weighted by atomic mass is 79.9. The molecule has 0 aliphatic heterocycles. The van der Waals surface area contributed by atoms with Crippen molar-refractivity contribution in [3.05, 3.63) is 28.9 Å². The van der Waals surface area contributed by atoms with Crippen LogP contribution in [0.2, 0.25) is 0 Å². The Labute approximate surface area is 76.4 Å². The molecule has 5 heteroatoms. The maximum absolute atomic E-state index is 10.5. The minimum absolute atomic E-state index is 0.392. The van der Waals surface area contributed by atoms with Gasteiger partial charge in [-0.2, -0.15) is 0 Å². The van der Waals surface area contributed by atoms with Gasteiger partial charge in [0.2, 0.25) is 0 Å². The third-order valence-corrected chi connectivity index (χ3v) is 2.30. The summed E-state index contributed by atoms with van der Waals surface area (Å²) in [6.07, 6.45) is 5.67. The minimum Gasteiger partial charge on any atom is -0.296 e. The quantitative estimate of drug-likeness (QED) is 0.688. The maximum atomic E-state index is 10.5. The van der Waals surface area contributed by atoms with E-state index in [2.05, 4.69) is 25.9 Å². The molecule has 2 aromatic heterocycles. The first kappa shape index (κ1) is 7.42. The van der Waals surface area contributed by atoms with Gasteiger partial charge in [-0.1, -0.05) is 0 Å². The molecule has 60 valence electrons. The predicted octanol–water partition coefficient (Wildman–Crippen LogP) is 1.30. The van der Waals surface area contributed by atoms with E-state index in [-0.39, 0.29) is 0 Å². The number of halogens is 1. The molecular weight excluding hydrogens is 222 g/mol. The van der Waals surface area contributed by atoms with Crippen molar-refractivity contribution in [3.8, 4) is 0 Å². The van der Waals surface area contributed by atoms with Gasteiger partial charge in [0.15, 0.2) is 11.9 Å². The average Bonchev–Trinajstić information content (AvgIpc) is 2.44. The molecule has 0 aromatic carbocycles. The van der Waals surface area contributed by atoms with E-state index in [9.17, 15) is 4.79 Å². The molecule has 4 nitrogen and oxygen atoms in total. The van der Waals surface area contributed by atoms with E-state index in [0.29, 0.717) is 22.2 Å². The van der Waals surface area contributed by atoms with Gasteiger partial charge in [-0.05, 0) is 15.9 Å². The highest BCUT2D eigenvalue weighted by Gasteiger charge is 2.06. The first-order chi connectivity index (χ1) is 5.83. The molecule has 0 saturated carbocycles. The lowest BCUT2D eigenvalue weighted by Gasteiger charge is -1.90. The van der Waals surface area contributed by atoms with E-state index in [1.54, 1.807) is 23.0 Å². The molecule has 0 unspecified atom stereocenters. The zero-order valence-corrected chi connectivity index (χ0v) is 7.52. The molecule has 0 fully saturated rings. The van der Waals surface area contributed by atoms with Crippen molar-refractivity contribution >= 4 is 27.9 Å². The van der Waals surface area contributed by atoms with Crippen molar-refractivity contribution in [2.75, 3.05) is 0 Å². The van der Waals surface area contributed by atoms with E-state index >= 15 is 0 Å². The van der Waals surface area contributed by atoms with Gasteiger partial charge in [0.25, 0.3) is 0 Å². The van der Waals surface area contributed by atoms with Crippen molar-refractivity contribution in [3.63, 3.8) is 0 Å². The number of carbonyl (C=O) groups is 1. The van der Waals surface area contributed by atoms with E-state index in [0.717, 1.165) is 0 Å². The molecule has 0 saturated heterocycles. The maximum Gasteiger partial charge on any atom is 0.171 e. The SMILES string of the molecule is O=Cc1nc2cnccn2c1Br. The number of carbonyl (C=O) groups excluding carboxylic acids is 1. The summed E-state index contributed by atoms with van der Waals surface area (Å²) in [6, 6.07) is 0. The Bertz CT molecular complexity index is 437. The topological polar surface area (TPSA) is 47.3 Å². The lowest BCUT2D eigenvalue weighted by Crippen LogP contribution is -1.84. The van der Waals surface area contributed by atoms with E-state index in [1.807, 2.05) is 0 Å². The Hall–Kier alpha value is -1.23. The molecule has 0 aliphatic carbocycles. The highest BCUT2D eigenvalue weighted by Crippen LogP contribution is 2.15. The van der Waals surface area contributed by atoms with Gasteiger partial charge in [-0.3, -0.25) is 14.2 Å².